The fraction of sp³-hybridized carbons (Fsp3) is 0.381. The Morgan fingerprint density at radius 2 is 1.81 bits per heavy atom. The van der Waals surface area contributed by atoms with E-state index < -0.39 is 21.0 Å². The van der Waals surface area contributed by atoms with Crippen LogP contribution in [0.3, 0.4) is 0 Å². The Morgan fingerprint density at radius 3 is 2.38 bits per heavy atom. The van der Waals surface area contributed by atoms with Crippen LogP contribution in [0.4, 0.5) is 11.4 Å². The number of hydrogen-bond acceptors (Lipinski definition) is 7. The summed E-state index contributed by atoms with van der Waals surface area (Å²) in [6.45, 7) is 3.05. The highest BCUT2D eigenvalue weighted by Crippen LogP contribution is 2.23. The van der Waals surface area contributed by atoms with E-state index in [9.17, 15) is 23.3 Å². The molecule has 32 heavy (non-hydrogen) atoms. The molecule has 1 amide bonds. The molecule has 0 radical (unpaired) electrons. The van der Waals surface area contributed by atoms with E-state index in [0.717, 1.165) is 6.07 Å². The molecular formula is C21H26N4O6S. The number of ether oxygens (including phenoxy) is 1. The number of methoxy groups -OCH3 is 1. The van der Waals surface area contributed by atoms with E-state index in [-0.39, 0.29) is 29.6 Å². The third-order valence-corrected chi connectivity index (χ3v) is 7.32. The Balaban J connectivity index is 1.64. The second-order valence-electron chi connectivity index (χ2n) is 7.34. The number of carbonyl (C=O) groups is 1. The first-order chi connectivity index (χ1) is 15.3. The Morgan fingerprint density at radius 1 is 1.16 bits per heavy atom. The van der Waals surface area contributed by atoms with Gasteiger partial charge in [-0.05, 0) is 36.8 Å². The first-order valence-corrected chi connectivity index (χ1v) is 11.6. The molecule has 0 bridgehead atoms. The molecule has 1 heterocycles. The number of nitrogens with one attached hydrogen (secondary N) is 1. The number of benzene rings is 2. The van der Waals surface area contributed by atoms with Crippen LogP contribution in [0.1, 0.15) is 13.3 Å². The monoisotopic (exact) mass is 462 g/mol. The second-order valence-corrected chi connectivity index (χ2v) is 9.27. The number of nitro benzene ring substituents is 1. The summed E-state index contributed by atoms with van der Waals surface area (Å²) in [7, 11) is -2.29. The van der Waals surface area contributed by atoms with Gasteiger partial charge in [0.2, 0.25) is 15.9 Å². The lowest BCUT2D eigenvalue weighted by atomic mass is 10.1. The van der Waals surface area contributed by atoms with Gasteiger partial charge < -0.3 is 10.1 Å². The molecule has 1 saturated heterocycles. The molecule has 0 spiro atoms. The van der Waals surface area contributed by atoms with Crippen LogP contribution in [0.15, 0.2) is 53.4 Å². The Kier molecular flexibility index (Phi) is 7.44. The molecule has 0 aliphatic carbocycles. The predicted octanol–water partition coefficient (Wildman–Crippen LogP) is 2.33. The molecule has 172 valence electrons. The molecule has 1 N–H and O–H groups in total. The molecule has 1 fully saturated rings. The van der Waals surface area contributed by atoms with Crippen molar-refractivity contribution < 1.29 is 22.9 Å². The standard InChI is InChI=1S/C21H26N4O6S/c1-3-20(21(26)22-16-7-9-18(31-2)10-8-16)23-11-13-24(14-12-23)32(29,30)19-6-4-5-17(15-19)25(27)28/h4-10,15,20H,3,11-14H2,1-2H3,(H,22,26)/t20-/m0/s1. The average Bonchev–Trinajstić information content (AvgIpc) is 2.80. The Labute approximate surface area is 187 Å². The normalized spacial score (nSPS) is 16.3. The molecule has 0 aromatic heterocycles. The number of rotatable bonds is 8. The second kappa shape index (κ2) is 10.1. The third kappa shape index (κ3) is 5.23. The fourth-order valence-corrected chi connectivity index (χ4v) is 5.13. The van der Waals surface area contributed by atoms with Crippen LogP contribution in [-0.4, -0.2) is 67.8 Å². The number of nitro groups is 1. The summed E-state index contributed by atoms with van der Waals surface area (Å²) < 4.78 is 32.3. The van der Waals surface area contributed by atoms with Gasteiger partial charge >= 0.3 is 0 Å². The molecule has 10 nitrogen and oxygen atoms in total. The zero-order valence-corrected chi connectivity index (χ0v) is 18.7. The SMILES string of the molecule is CC[C@@H](C(=O)Nc1ccc(OC)cc1)N1CCN(S(=O)(=O)c2cccc([N+](=O)[O-])c2)CC1. The minimum Gasteiger partial charge on any atom is -0.497 e. The van der Waals surface area contributed by atoms with Crippen LogP contribution >= 0.6 is 0 Å². The lowest BCUT2D eigenvalue weighted by Gasteiger charge is -2.37. The first-order valence-electron chi connectivity index (χ1n) is 10.2. The molecular weight excluding hydrogens is 436 g/mol. The van der Waals surface area contributed by atoms with Gasteiger partial charge in [0.05, 0.1) is 23.0 Å². The van der Waals surface area contributed by atoms with Crippen molar-refractivity contribution >= 4 is 27.3 Å². The maximum atomic E-state index is 12.9. The van der Waals surface area contributed by atoms with Crippen molar-refractivity contribution in [3.63, 3.8) is 0 Å². The van der Waals surface area contributed by atoms with Crippen molar-refractivity contribution in [3.05, 3.63) is 58.6 Å². The van der Waals surface area contributed by atoms with E-state index in [2.05, 4.69) is 5.32 Å². The van der Waals surface area contributed by atoms with Gasteiger partial charge in [-0.15, -0.1) is 0 Å². The van der Waals surface area contributed by atoms with Gasteiger partial charge in [-0.1, -0.05) is 13.0 Å². The molecule has 1 atom stereocenters. The Hall–Kier alpha value is -3.02. The van der Waals surface area contributed by atoms with Gasteiger partial charge in [0.1, 0.15) is 5.75 Å². The van der Waals surface area contributed by atoms with Crippen LogP contribution in [0, 0.1) is 10.1 Å². The largest absolute Gasteiger partial charge is 0.497 e. The van der Waals surface area contributed by atoms with Gasteiger partial charge in [-0.2, -0.15) is 4.31 Å². The van der Waals surface area contributed by atoms with E-state index in [4.69, 9.17) is 4.74 Å². The van der Waals surface area contributed by atoms with Crippen molar-refractivity contribution in [1.82, 2.24) is 9.21 Å². The molecule has 3 rings (SSSR count). The third-order valence-electron chi connectivity index (χ3n) is 5.43. The van der Waals surface area contributed by atoms with E-state index in [1.165, 1.54) is 22.5 Å². The van der Waals surface area contributed by atoms with Gasteiger partial charge in [-0.3, -0.25) is 19.8 Å². The van der Waals surface area contributed by atoms with Crippen LogP contribution < -0.4 is 10.1 Å². The van der Waals surface area contributed by atoms with Crippen LogP contribution in [0.2, 0.25) is 0 Å². The highest BCUT2D eigenvalue weighted by molar-refractivity contribution is 7.89. The molecule has 1 aliphatic rings. The average molecular weight is 463 g/mol. The summed E-state index contributed by atoms with van der Waals surface area (Å²) in [6, 6.07) is 11.7. The van der Waals surface area contributed by atoms with E-state index in [1.54, 1.807) is 31.4 Å². The number of amides is 1. The maximum Gasteiger partial charge on any atom is 0.270 e. The van der Waals surface area contributed by atoms with Crippen LogP contribution in [0.25, 0.3) is 0 Å². The van der Waals surface area contributed by atoms with Crippen LogP contribution in [-0.2, 0) is 14.8 Å². The fourth-order valence-electron chi connectivity index (χ4n) is 3.67. The number of piperazine rings is 1. The van der Waals surface area contributed by atoms with E-state index in [0.29, 0.717) is 30.9 Å². The van der Waals surface area contributed by atoms with Crippen molar-refractivity contribution in [1.29, 1.82) is 0 Å². The lowest BCUT2D eigenvalue weighted by Crippen LogP contribution is -2.54. The summed E-state index contributed by atoms with van der Waals surface area (Å²) in [5, 5.41) is 13.9. The van der Waals surface area contributed by atoms with Crippen molar-refractivity contribution in [2.24, 2.45) is 0 Å². The number of hydrogen-bond donors (Lipinski definition) is 1. The van der Waals surface area contributed by atoms with Crippen molar-refractivity contribution in [2.75, 3.05) is 38.6 Å². The first kappa shape index (κ1) is 23.6. The predicted molar refractivity (Wildman–Crippen MR) is 119 cm³/mol. The zero-order chi connectivity index (χ0) is 23.3. The van der Waals surface area contributed by atoms with Gasteiger partial charge in [0.25, 0.3) is 5.69 Å². The molecule has 2 aromatic carbocycles. The van der Waals surface area contributed by atoms with Crippen molar-refractivity contribution in [3.8, 4) is 5.75 Å². The highest BCUT2D eigenvalue weighted by Gasteiger charge is 2.33. The van der Waals surface area contributed by atoms with E-state index in [1.807, 2.05) is 11.8 Å². The summed E-state index contributed by atoms with van der Waals surface area (Å²) in [5.74, 6) is 0.531. The maximum absolute atomic E-state index is 12.9. The quantitative estimate of drug-likeness (QED) is 0.472. The van der Waals surface area contributed by atoms with Crippen LogP contribution in [0.5, 0.6) is 5.75 Å². The van der Waals surface area contributed by atoms with Gasteiger partial charge in [-0.25, -0.2) is 8.42 Å². The summed E-state index contributed by atoms with van der Waals surface area (Å²) in [4.78, 5) is 25.0. The molecule has 1 aliphatic heterocycles. The highest BCUT2D eigenvalue weighted by atomic mass is 32.2. The number of non-ortho nitro benzene ring substituents is 1. The number of carbonyl (C=O) groups excluding carboxylic acids is 1. The smallest absolute Gasteiger partial charge is 0.270 e. The number of anilines is 1. The lowest BCUT2D eigenvalue weighted by molar-refractivity contribution is -0.385. The summed E-state index contributed by atoms with van der Waals surface area (Å²) in [6.07, 6.45) is 0.569. The number of sulfonamides is 1. The number of nitrogens with zero attached hydrogens (tertiary/aromatic N) is 3. The topological polar surface area (TPSA) is 122 Å². The molecule has 2 aromatic rings. The van der Waals surface area contributed by atoms with Gasteiger partial charge in [0.15, 0.2) is 0 Å². The minimum atomic E-state index is -3.86. The summed E-state index contributed by atoms with van der Waals surface area (Å²) in [5.41, 5.74) is 0.382. The Bertz CT molecular complexity index is 1070. The van der Waals surface area contributed by atoms with Crippen molar-refractivity contribution in [2.45, 2.75) is 24.3 Å². The van der Waals surface area contributed by atoms with Gasteiger partial charge in [0, 0.05) is 44.0 Å². The minimum absolute atomic E-state index is 0.107. The molecule has 0 unspecified atom stereocenters. The molecule has 11 heteroatoms. The molecule has 0 saturated carbocycles. The summed E-state index contributed by atoms with van der Waals surface area (Å²) >= 11 is 0. The zero-order valence-electron chi connectivity index (χ0n) is 17.9. The van der Waals surface area contributed by atoms with E-state index >= 15 is 0 Å².